The summed E-state index contributed by atoms with van der Waals surface area (Å²) >= 11 is 1.03. The first-order valence-corrected chi connectivity index (χ1v) is 10.5. The first kappa shape index (κ1) is 26.3. The van der Waals surface area contributed by atoms with Gasteiger partial charge < -0.3 is 22.1 Å². The number of carbonyl (C=O) groups is 3. The molecule has 1 aromatic heterocycles. The molecule has 2 amide bonds. The van der Waals surface area contributed by atoms with Gasteiger partial charge in [-0.3, -0.25) is 14.1 Å². The number of hydrogen-bond acceptors (Lipinski definition) is 11. The van der Waals surface area contributed by atoms with Gasteiger partial charge in [0.25, 0.3) is 11.8 Å². The van der Waals surface area contributed by atoms with Crippen molar-refractivity contribution in [3.8, 4) is 0 Å². The monoisotopic (exact) mass is 473 g/mol. The number of β-lactam (4-membered cyclic amide) rings is 1. The molecule has 0 radical (unpaired) electrons. The summed E-state index contributed by atoms with van der Waals surface area (Å²) in [7, 11) is -4.07. The standard InChI is InChI=1S/C14H19N5O8S2.Na.H/c1-3-4-5-27-18-8(7-6-28-14(15)16-7)11(20)17-9-10(13(22)26-2)19(12(9)21)29(23,24)25;;/h6,9-10H,3-5H2,1-2H3,(H2,15,16)(H,17,20)(H,23,24,25);;/q;+1;-1/b18-8-;;. The van der Waals surface area contributed by atoms with Gasteiger partial charge in [-0.2, -0.15) is 12.7 Å². The Morgan fingerprint density at radius 1 is 1.50 bits per heavy atom. The molecule has 1 aliphatic heterocycles. The molecule has 1 aliphatic rings. The van der Waals surface area contributed by atoms with Gasteiger partial charge in [0.1, 0.15) is 18.3 Å². The van der Waals surface area contributed by atoms with Gasteiger partial charge in [0.2, 0.25) is 0 Å². The van der Waals surface area contributed by atoms with Crippen LogP contribution in [0.25, 0.3) is 0 Å². The Labute approximate surface area is 199 Å². The number of methoxy groups -OCH3 is 1. The minimum absolute atomic E-state index is 0. The van der Waals surface area contributed by atoms with Crippen LogP contribution >= 0.6 is 11.3 Å². The Morgan fingerprint density at radius 2 is 2.17 bits per heavy atom. The number of hydrogen-bond donors (Lipinski definition) is 3. The quantitative estimate of drug-likeness (QED) is 0.0606. The minimum atomic E-state index is -5.03. The zero-order chi connectivity index (χ0) is 21.8. The minimum Gasteiger partial charge on any atom is -1.00 e. The third kappa shape index (κ3) is 5.89. The third-order valence-corrected chi connectivity index (χ3v) is 5.33. The van der Waals surface area contributed by atoms with Crippen LogP contribution in [-0.4, -0.2) is 71.6 Å². The Balaban J connectivity index is 0.00000450. The van der Waals surface area contributed by atoms with E-state index in [1.54, 1.807) is 0 Å². The zero-order valence-corrected chi connectivity index (χ0v) is 20.0. The molecule has 2 unspecified atom stereocenters. The van der Waals surface area contributed by atoms with Crippen molar-refractivity contribution in [2.75, 3.05) is 19.5 Å². The summed E-state index contributed by atoms with van der Waals surface area (Å²) in [6, 6.07) is -3.37. The first-order valence-electron chi connectivity index (χ1n) is 8.22. The van der Waals surface area contributed by atoms with Crippen LogP contribution in [0.3, 0.4) is 0 Å². The number of carbonyl (C=O) groups excluding carboxylic acids is 3. The predicted molar refractivity (Wildman–Crippen MR) is 101 cm³/mol. The van der Waals surface area contributed by atoms with Gasteiger partial charge in [-0.25, -0.2) is 9.78 Å². The average molecular weight is 473 g/mol. The van der Waals surface area contributed by atoms with Crippen molar-refractivity contribution < 1.29 is 67.9 Å². The van der Waals surface area contributed by atoms with Crippen molar-refractivity contribution in [1.29, 1.82) is 0 Å². The fraction of sp³-hybridized carbons (Fsp3) is 0.500. The van der Waals surface area contributed by atoms with E-state index < -0.39 is 40.2 Å². The van der Waals surface area contributed by atoms with Crippen LogP contribution < -0.4 is 40.6 Å². The summed E-state index contributed by atoms with van der Waals surface area (Å²) < 4.78 is 36.1. The van der Waals surface area contributed by atoms with Gasteiger partial charge in [0, 0.05) is 5.38 Å². The van der Waals surface area contributed by atoms with E-state index in [0.717, 1.165) is 24.9 Å². The van der Waals surface area contributed by atoms with Crippen LogP contribution in [0.5, 0.6) is 0 Å². The third-order valence-electron chi connectivity index (χ3n) is 3.75. The van der Waals surface area contributed by atoms with Gasteiger partial charge in [-0.05, 0) is 6.42 Å². The van der Waals surface area contributed by atoms with Crippen LogP contribution in [0, 0.1) is 0 Å². The van der Waals surface area contributed by atoms with Crippen LogP contribution in [0.2, 0.25) is 0 Å². The van der Waals surface area contributed by atoms with Gasteiger partial charge in [0.15, 0.2) is 16.9 Å². The number of thiazole rings is 1. The van der Waals surface area contributed by atoms with Crippen molar-refractivity contribution >= 4 is 50.3 Å². The Morgan fingerprint density at radius 3 is 2.67 bits per heavy atom. The summed E-state index contributed by atoms with van der Waals surface area (Å²) in [5, 5.41) is 7.50. The molecule has 2 heterocycles. The summed E-state index contributed by atoms with van der Waals surface area (Å²) in [5.41, 5.74) is 5.30. The molecule has 1 aromatic rings. The normalized spacial score (nSPS) is 18.8. The van der Waals surface area contributed by atoms with Crippen molar-refractivity contribution in [2.24, 2.45) is 5.16 Å². The van der Waals surface area contributed by atoms with Crippen LogP contribution in [0.4, 0.5) is 5.13 Å². The smallest absolute Gasteiger partial charge is 1.00 e. The number of amides is 2. The number of nitrogens with zero attached hydrogens (tertiary/aromatic N) is 3. The molecular weight excluding hydrogens is 453 g/mol. The largest absolute Gasteiger partial charge is 1.00 e. The maximum absolute atomic E-state index is 12.6. The second kappa shape index (κ2) is 11.0. The fourth-order valence-corrected chi connectivity index (χ4v) is 3.73. The molecule has 0 aliphatic carbocycles. The van der Waals surface area contributed by atoms with Crippen LogP contribution in [0.1, 0.15) is 26.9 Å². The SMILES string of the molecule is CCCCO/N=C(\C(=O)NC1C(=O)N(S(=O)(=O)O)C1C(=O)OC)c1csc(N)n1.[H-].[Na+]. The molecule has 30 heavy (non-hydrogen) atoms. The molecule has 0 bridgehead atoms. The van der Waals surface area contributed by atoms with E-state index in [-0.39, 0.29) is 58.4 Å². The Hall–Kier alpha value is -1.78. The topological polar surface area (TPSA) is 191 Å². The first-order chi connectivity index (χ1) is 13.6. The van der Waals surface area contributed by atoms with Crippen molar-refractivity contribution in [2.45, 2.75) is 31.8 Å². The molecule has 1 saturated heterocycles. The van der Waals surface area contributed by atoms with E-state index >= 15 is 0 Å². The predicted octanol–water partition coefficient (Wildman–Crippen LogP) is -3.97. The molecule has 13 nitrogen and oxygen atoms in total. The number of anilines is 1. The number of esters is 1. The van der Waals surface area contributed by atoms with E-state index in [1.165, 1.54) is 5.38 Å². The number of nitrogens with two attached hydrogens (primary N) is 1. The zero-order valence-electron chi connectivity index (χ0n) is 17.4. The summed E-state index contributed by atoms with van der Waals surface area (Å²) in [5.74, 6) is -3.34. The average Bonchev–Trinajstić information content (AvgIpc) is 3.07. The van der Waals surface area contributed by atoms with Gasteiger partial charge in [-0.15, -0.1) is 11.3 Å². The Bertz CT molecular complexity index is 941. The van der Waals surface area contributed by atoms with E-state index in [0.29, 0.717) is 6.42 Å². The number of aromatic nitrogens is 1. The molecule has 16 heteroatoms. The van der Waals surface area contributed by atoms with Crippen molar-refractivity contribution in [1.82, 2.24) is 14.6 Å². The maximum atomic E-state index is 12.6. The van der Waals surface area contributed by atoms with Gasteiger partial charge >= 0.3 is 45.8 Å². The number of rotatable bonds is 9. The van der Waals surface area contributed by atoms with E-state index in [2.05, 4.69) is 20.2 Å². The number of unbranched alkanes of at least 4 members (excludes halogenated alkanes) is 1. The second-order valence-electron chi connectivity index (χ2n) is 5.73. The number of ether oxygens (including phenoxy) is 1. The molecule has 2 atom stereocenters. The van der Waals surface area contributed by atoms with Gasteiger partial charge in [0.05, 0.1) is 7.11 Å². The van der Waals surface area contributed by atoms with E-state index in [1.807, 2.05) is 6.92 Å². The molecule has 4 N–H and O–H groups in total. The fourth-order valence-electron chi connectivity index (χ4n) is 2.34. The number of nitrogens with one attached hydrogen (secondary N) is 1. The van der Waals surface area contributed by atoms with E-state index in [9.17, 15) is 22.8 Å². The van der Waals surface area contributed by atoms with Crippen LogP contribution in [-0.2, 0) is 34.3 Å². The van der Waals surface area contributed by atoms with Crippen molar-refractivity contribution in [3.63, 3.8) is 0 Å². The van der Waals surface area contributed by atoms with Crippen molar-refractivity contribution in [3.05, 3.63) is 11.1 Å². The Kier molecular flexibility index (Phi) is 9.64. The molecule has 0 aromatic carbocycles. The summed E-state index contributed by atoms with van der Waals surface area (Å²) in [4.78, 5) is 45.6. The molecule has 162 valence electrons. The molecule has 2 rings (SSSR count). The second-order valence-corrected chi connectivity index (χ2v) is 7.91. The maximum Gasteiger partial charge on any atom is 1.00 e. The molecule has 1 fully saturated rings. The van der Waals surface area contributed by atoms with Gasteiger partial charge in [-0.1, -0.05) is 18.5 Å². The summed E-state index contributed by atoms with van der Waals surface area (Å²) in [6.45, 7) is 2.15. The number of oxime groups is 1. The van der Waals surface area contributed by atoms with Crippen LogP contribution in [0.15, 0.2) is 10.5 Å². The summed E-state index contributed by atoms with van der Waals surface area (Å²) in [6.07, 6.45) is 1.50. The molecule has 0 spiro atoms. The number of nitrogen functional groups attached to an aromatic ring is 1. The molecular formula is C14H20N5NaO8S2. The van der Waals surface area contributed by atoms with E-state index in [4.69, 9.17) is 15.1 Å². The molecule has 0 saturated carbocycles.